The summed E-state index contributed by atoms with van der Waals surface area (Å²) < 4.78 is 1.85. The summed E-state index contributed by atoms with van der Waals surface area (Å²) in [5.74, 6) is 0.747. The zero-order chi connectivity index (χ0) is 14.0. The fraction of sp³-hybridized carbons (Fsp3) is 0.692. The van der Waals surface area contributed by atoms with Gasteiger partial charge in [-0.1, -0.05) is 0 Å². The number of carbonyl (C=O) groups excluding carboxylic acids is 1. The first-order valence-electron chi connectivity index (χ1n) is 6.71. The van der Waals surface area contributed by atoms with Crippen molar-refractivity contribution in [3.8, 4) is 0 Å². The van der Waals surface area contributed by atoms with Crippen LogP contribution >= 0.6 is 0 Å². The van der Waals surface area contributed by atoms with Gasteiger partial charge in [-0.2, -0.15) is 5.10 Å². The maximum atomic E-state index is 12.1. The van der Waals surface area contributed by atoms with E-state index in [4.69, 9.17) is 5.73 Å². The molecule has 0 aromatic carbocycles. The predicted octanol–water partition coefficient (Wildman–Crippen LogP) is 0.408. The molecule has 1 saturated heterocycles. The molecule has 2 heterocycles. The Morgan fingerprint density at radius 2 is 2.11 bits per heavy atom. The Kier molecular flexibility index (Phi) is 3.80. The Balaban J connectivity index is 1.87. The van der Waals surface area contributed by atoms with E-state index in [1.807, 2.05) is 36.7 Å². The molecule has 0 radical (unpaired) electrons. The molecule has 0 aliphatic carbocycles. The lowest BCUT2D eigenvalue weighted by molar-refractivity contribution is -0.147. The van der Waals surface area contributed by atoms with Crippen molar-refractivity contribution in [2.75, 3.05) is 32.4 Å². The van der Waals surface area contributed by atoms with E-state index >= 15 is 0 Å². The standard InChI is InChI=1S/C13H23N5O/c1-13(2)12(19)16(3)9-10-17(13)6-4-7-18-8-5-11(14)15-18/h5,8H,4,6-7,9-10H2,1-3H3,(H2,14,15). The van der Waals surface area contributed by atoms with Gasteiger partial charge in [-0.15, -0.1) is 0 Å². The van der Waals surface area contributed by atoms with Crippen LogP contribution in [0.4, 0.5) is 5.82 Å². The molecule has 1 aliphatic rings. The Hall–Kier alpha value is -1.56. The van der Waals surface area contributed by atoms with Gasteiger partial charge in [-0.3, -0.25) is 14.4 Å². The molecule has 2 rings (SSSR count). The number of nitrogens with zero attached hydrogens (tertiary/aromatic N) is 4. The Morgan fingerprint density at radius 3 is 2.74 bits per heavy atom. The molecule has 0 spiro atoms. The molecule has 6 heteroatoms. The summed E-state index contributed by atoms with van der Waals surface area (Å²) in [7, 11) is 1.87. The van der Waals surface area contributed by atoms with Gasteiger partial charge < -0.3 is 10.6 Å². The van der Waals surface area contributed by atoms with Crippen molar-refractivity contribution >= 4 is 11.7 Å². The van der Waals surface area contributed by atoms with Crippen LogP contribution in [-0.4, -0.2) is 57.7 Å². The van der Waals surface area contributed by atoms with Gasteiger partial charge in [0.15, 0.2) is 0 Å². The van der Waals surface area contributed by atoms with Gasteiger partial charge in [0, 0.05) is 39.4 Å². The number of amides is 1. The van der Waals surface area contributed by atoms with Crippen LogP contribution in [0.2, 0.25) is 0 Å². The lowest BCUT2D eigenvalue weighted by Crippen LogP contribution is -2.62. The van der Waals surface area contributed by atoms with Crippen LogP contribution in [0, 0.1) is 0 Å². The average Bonchev–Trinajstić information content (AvgIpc) is 2.76. The monoisotopic (exact) mass is 265 g/mol. The van der Waals surface area contributed by atoms with Crippen molar-refractivity contribution in [3.63, 3.8) is 0 Å². The number of aryl methyl sites for hydroxylation is 1. The van der Waals surface area contributed by atoms with Crippen molar-refractivity contribution in [1.29, 1.82) is 0 Å². The summed E-state index contributed by atoms with van der Waals surface area (Å²) in [4.78, 5) is 16.2. The second-order valence-corrected chi connectivity index (χ2v) is 5.63. The summed E-state index contributed by atoms with van der Waals surface area (Å²) in [6.45, 7) is 7.45. The molecule has 1 aliphatic heterocycles. The van der Waals surface area contributed by atoms with E-state index in [1.165, 1.54) is 0 Å². The minimum Gasteiger partial charge on any atom is -0.382 e. The molecule has 1 aromatic rings. The van der Waals surface area contributed by atoms with Crippen LogP contribution in [0.25, 0.3) is 0 Å². The Bertz CT molecular complexity index is 454. The minimum absolute atomic E-state index is 0.196. The quantitative estimate of drug-likeness (QED) is 0.856. The number of rotatable bonds is 4. The number of nitrogen functional groups attached to an aromatic ring is 1. The van der Waals surface area contributed by atoms with E-state index in [-0.39, 0.29) is 5.91 Å². The number of piperazine rings is 1. The second-order valence-electron chi connectivity index (χ2n) is 5.63. The highest BCUT2D eigenvalue weighted by molar-refractivity contribution is 5.86. The van der Waals surface area contributed by atoms with Gasteiger partial charge in [0.25, 0.3) is 0 Å². The summed E-state index contributed by atoms with van der Waals surface area (Å²) in [6.07, 6.45) is 2.84. The molecule has 0 bridgehead atoms. The molecular formula is C13H23N5O. The van der Waals surface area contributed by atoms with Crippen LogP contribution < -0.4 is 5.73 Å². The lowest BCUT2D eigenvalue weighted by Gasteiger charge is -2.44. The third kappa shape index (κ3) is 2.89. The molecule has 2 N–H and O–H groups in total. The van der Waals surface area contributed by atoms with Gasteiger partial charge >= 0.3 is 0 Å². The van der Waals surface area contributed by atoms with Gasteiger partial charge in [-0.25, -0.2) is 0 Å². The normalized spacial score (nSPS) is 19.9. The molecule has 1 aromatic heterocycles. The molecule has 106 valence electrons. The Morgan fingerprint density at radius 1 is 1.37 bits per heavy atom. The topological polar surface area (TPSA) is 67.4 Å². The molecule has 6 nitrogen and oxygen atoms in total. The number of anilines is 1. The zero-order valence-electron chi connectivity index (χ0n) is 12.0. The average molecular weight is 265 g/mol. The minimum atomic E-state index is -0.407. The van der Waals surface area contributed by atoms with E-state index < -0.39 is 5.54 Å². The maximum Gasteiger partial charge on any atom is 0.242 e. The number of likely N-dealkylation sites (N-methyl/N-ethyl adjacent to an activating group) is 1. The predicted molar refractivity (Wildman–Crippen MR) is 74.5 cm³/mol. The first-order chi connectivity index (χ1) is 8.91. The molecule has 19 heavy (non-hydrogen) atoms. The van der Waals surface area contributed by atoms with Crippen molar-refractivity contribution in [1.82, 2.24) is 19.6 Å². The SMILES string of the molecule is CN1CCN(CCCn2ccc(N)n2)C(C)(C)C1=O. The van der Waals surface area contributed by atoms with Crippen molar-refractivity contribution in [3.05, 3.63) is 12.3 Å². The fourth-order valence-electron chi connectivity index (χ4n) is 2.57. The number of nitrogens with two attached hydrogens (primary N) is 1. The van der Waals surface area contributed by atoms with Crippen LogP contribution in [0.5, 0.6) is 0 Å². The summed E-state index contributed by atoms with van der Waals surface area (Å²) in [6, 6.07) is 1.79. The van der Waals surface area contributed by atoms with Crippen LogP contribution in [-0.2, 0) is 11.3 Å². The van der Waals surface area contributed by atoms with Crippen molar-refractivity contribution in [2.45, 2.75) is 32.4 Å². The zero-order valence-corrected chi connectivity index (χ0v) is 12.0. The molecule has 0 saturated carbocycles. The van der Waals surface area contributed by atoms with Crippen molar-refractivity contribution in [2.24, 2.45) is 0 Å². The van der Waals surface area contributed by atoms with Gasteiger partial charge in [0.05, 0.1) is 5.54 Å². The van der Waals surface area contributed by atoms with E-state index in [9.17, 15) is 4.79 Å². The first-order valence-corrected chi connectivity index (χ1v) is 6.71. The van der Waals surface area contributed by atoms with Gasteiger partial charge in [-0.05, 0) is 26.3 Å². The van der Waals surface area contributed by atoms with Gasteiger partial charge in [0.1, 0.15) is 5.82 Å². The maximum absolute atomic E-state index is 12.1. The van der Waals surface area contributed by atoms with Gasteiger partial charge in [0.2, 0.25) is 5.91 Å². The number of aromatic nitrogens is 2. The third-order valence-corrected chi connectivity index (χ3v) is 3.84. The van der Waals surface area contributed by atoms with E-state index in [0.717, 1.165) is 32.6 Å². The smallest absolute Gasteiger partial charge is 0.242 e. The fourth-order valence-corrected chi connectivity index (χ4v) is 2.57. The van der Waals surface area contributed by atoms with E-state index in [0.29, 0.717) is 5.82 Å². The van der Waals surface area contributed by atoms with Crippen LogP contribution in [0.3, 0.4) is 0 Å². The highest BCUT2D eigenvalue weighted by Crippen LogP contribution is 2.21. The summed E-state index contributed by atoms with van der Waals surface area (Å²) in [5, 5.41) is 4.16. The summed E-state index contributed by atoms with van der Waals surface area (Å²) >= 11 is 0. The first kappa shape index (κ1) is 13.9. The molecule has 1 amide bonds. The third-order valence-electron chi connectivity index (χ3n) is 3.84. The molecule has 0 atom stereocenters. The molecular weight excluding hydrogens is 242 g/mol. The van der Waals surface area contributed by atoms with E-state index in [1.54, 1.807) is 6.07 Å². The highest BCUT2D eigenvalue weighted by Gasteiger charge is 2.39. The van der Waals surface area contributed by atoms with Crippen LogP contribution in [0.1, 0.15) is 20.3 Å². The number of hydrogen-bond donors (Lipinski definition) is 1. The number of carbonyl (C=O) groups is 1. The molecule has 0 unspecified atom stereocenters. The Labute approximate surface area is 114 Å². The van der Waals surface area contributed by atoms with Crippen molar-refractivity contribution < 1.29 is 4.79 Å². The molecule has 1 fully saturated rings. The number of hydrogen-bond acceptors (Lipinski definition) is 4. The second kappa shape index (κ2) is 5.21. The summed E-state index contributed by atoms with van der Waals surface area (Å²) in [5.41, 5.74) is 5.17. The largest absolute Gasteiger partial charge is 0.382 e. The highest BCUT2D eigenvalue weighted by atomic mass is 16.2. The van der Waals surface area contributed by atoms with E-state index in [2.05, 4.69) is 10.00 Å². The lowest BCUT2D eigenvalue weighted by atomic mass is 9.97. The van der Waals surface area contributed by atoms with Crippen LogP contribution in [0.15, 0.2) is 12.3 Å².